The molecule has 0 aromatic heterocycles. The number of amides is 1. The van der Waals surface area contributed by atoms with Crippen molar-refractivity contribution in [3.05, 3.63) is 29.8 Å². The van der Waals surface area contributed by atoms with Crippen LogP contribution in [-0.2, 0) is 16.0 Å². The van der Waals surface area contributed by atoms with E-state index in [0.717, 1.165) is 11.3 Å². The quantitative estimate of drug-likeness (QED) is 0.866. The standard InChI is InChI=1S/C15H19NO4S/c17-13-4-2-1-3-11(13)5-6-14(18)16-7-8-21-10-12(16)9-15(19)20/h1-4,12,17H,5-10H2,(H,19,20). The van der Waals surface area contributed by atoms with E-state index in [4.69, 9.17) is 5.11 Å². The molecule has 1 amide bonds. The van der Waals surface area contributed by atoms with Crippen molar-refractivity contribution >= 4 is 23.6 Å². The van der Waals surface area contributed by atoms with E-state index >= 15 is 0 Å². The largest absolute Gasteiger partial charge is 0.508 e. The van der Waals surface area contributed by atoms with Crippen LogP contribution in [0.5, 0.6) is 5.75 Å². The molecule has 1 aliphatic heterocycles. The zero-order valence-electron chi connectivity index (χ0n) is 11.7. The Hall–Kier alpha value is -1.69. The average molecular weight is 309 g/mol. The Balaban J connectivity index is 1.94. The van der Waals surface area contributed by atoms with Crippen LogP contribution in [0.25, 0.3) is 0 Å². The number of rotatable bonds is 5. The Kier molecular flexibility index (Phi) is 5.50. The summed E-state index contributed by atoms with van der Waals surface area (Å²) in [7, 11) is 0. The number of phenols is 1. The first kappa shape index (κ1) is 15.7. The third-order valence-electron chi connectivity index (χ3n) is 3.56. The van der Waals surface area contributed by atoms with Crippen molar-refractivity contribution < 1.29 is 19.8 Å². The second-order valence-electron chi connectivity index (χ2n) is 5.04. The first-order chi connectivity index (χ1) is 10.1. The van der Waals surface area contributed by atoms with Crippen LogP contribution in [0.4, 0.5) is 0 Å². The highest BCUT2D eigenvalue weighted by Crippen LogP contribution is 2.22. The number of phenolic OH excluding ortho intramolecular Hbond substituents is 1. The predicted molar refractivity (Wildman–Crippen MR) is 81.5 cm³/mol. The first-order valence-corrected chi connectivity index (χ1v) is 8.09. The number of thioether (sulfide) groups is 1. The maximum atomic E-state index is 12.3. The van der Waals surface area contributed by atoms with Crippen LogP contribution in [0, 0.1) is 0 Å². The van der Waals surface area contributed by atoms with Gasteiger partial charge in [0.15, 0.2) is 0 Å². The van der Waals surface area contributed by atoms with E-state index in [0.29, 0.717) is 25.1 Å². The van der Waals surface area contributed by atoms with Gasteiger partial charge in [0.1, 0.15) is 5.75 Å². The summed E-state index contributed by atoms with van der Waals surface area (Å²) in [6, 6.07) is 6.74. The molecule has 0 aliphatic carbocycles. The summed E-state index contributed by atoms with van der Waals surface area (Å²) in [6.45, 7) is 0.599. The third-order valence-corrected chi connectivity index (χ3v) is 4.65. The second kappa shape index (κ2) is 7.36. The van der Waals surface area contributed by atoms with E-state index in [1.165, 1.54) is 0 Å². The van der Waals surface area contributed by atoms with Crippen LogP contribution in [0.2, 0.25) is 0 Å². The molecule has 1 fully saturated rings. The van der Waals surface area contributed by atoms with Gasteiger partial charge in [-0.2, -0.15) is 11.8 Å². The molecule has 2 rings (SSSR count). The second-order valence-corrected chi connectivity index (χ2v) is 6.19. The minimum Gasteiger partial charge on any atom is -0.508 e. The number of aliphatic carboxylic acids is 1. The summed E-state index contributed by atoms with van der Waals surface area (Å²) >= 11 is 1.69. The summed E-state index contributed by atoms with van der Waals surface area (Å²) < 4.78 is 0. The Morgan fingerprint density at radius 1 is 1.33 bits per heavy atom. The maximum Gasteiger partial charge on any atom is 0.305 e. The number of nitrogens with zero attached hydrogens (tertiary/aromatic N) is 1. The summed E-state index contributed by atoms with van der Waals surface area (Å²) in [6.07, 6.45) is 0.753. The van der Waals surface area contributed by atoms with Crippen molar-refractivity contribution in [1.82, 2.24) is 4.90 Å². The zero-order valence-corrected chi connectivity index (χ0v) is 12.5. The first-order valence-electron chi connectivity index (χ1n) is 6.94. The molecule has 0 spiro atoms. The third kappa shape index (κ3) is 4.39. The SMILES string of the molecule is O=C(O)CC1CSCCN1C(=O)CCc1ccccc1O. The molecule has 1 aromatic rings. The Bertz CT molecular complexity index is 520. The normalized spacial score (nSPS) is 18.5. The van der Waals surface area contributed by atoms with Gasteiger partial charge in [-0.3, -0.25) is 9.59 Å². The minimum absolute atomic E-state index is 0.00464. The molecular formula is C15H19NO4S. The lowest BCUT2D eigenvalue weighted by atomic mass is 10.1. The van der Waals surface area contributed by atoms with E-state index in [1.54, 1.807) is 34.9 Å². The summed E-state index contributed by atoms with van der Waals surface area (Å²) in [4.78, 5) is 24.9. The summed E-state index contributed by atoms with van der Waals surface area (Å²) in [5, 5.41) is 18.6. The van der Waals surface area contributed by atoms with Gasteiger partial charge in [-0.1, -0.05) is 18.2 Å². The molecule has 21 heavy (non-hydrogen) atoms. The fourth-order valence-electron chi connectivity index (χ4n) is 2.46. The topological polar surface area (TPSA) is 77.8 Å². The number of benzene rings is 1. The average Bonchev–Trinajstić information content (AvgIpc) is 2.46. The van der Waals surface area contributed by atoms with Crippen molar-refractivity contribution in [3.63, 3.8) is 0 Å². The number of carbonyl (C=O) groups excluding carboxylic acids is 1. The van der Waals surface area contributed by atoms with Gasteiger partial charge < -0.3 is 15.1 Å². The fraction of sp³-hybridized carbons (Fsp3) is 0.467. The van der Waals surface area contributed by atoms with E-state index < -0.39 is 5.97 Å². The molecule has 2 N–H and O–H groups in total. The lowest BCUT2D eigenvalue weighted by Crippen LogP contribution is -2.47. The van der Waals surface area contributed by atoms with Gasteiger partial charge in [-0.15, -0.1) is 0 Å². The molecule has 0 radical (unpaired) electrons. The molecule has 6 heteroatoms. The van der Waals surface area contributed by atoms with E-state index in [-0.39, 0.29) is 24.1 Å². The monoisotopic (exact) mass is 309 g/mol. The fourth-order valence-corrected chi connectivity index (χ4v) is 3.52. The van der Waals surface area contributed by atoms with E-state index in [9.17, 15) is 14.7 Å². The molecule has 1 atom stereocenters. The maximum absolute atomic E-state index is 12.3. The molecular weight excluding hydrogens is 290 g/mol. The summed E-state index contributed by atoms with van der Waals surface area (Å²) in [5.41, 5.74) is 0.743. The van der Waals surface area contributed by atoms with Crippen molar-refractivity contribution in [1.29, 1.82) is 0 Å². The van der Waals surface area contributed by atoms with Crippen LogP contribution in [0.3, 0.4) is 0 Å². The van der Waals surface area contributed by atoms with Gasteiger partial charge in [-0.25, -0.2) is 0 Å². The number of carbonyl (C=O) groups is 2. The highest BCUT2D eigenvalue weighted by molar-refractivity contribution is 7.99. The van der Waals surface area contributed by atoms with Gasteiger partial charge in [0, 0.05) is 24.5 Å². The Labute approximate surface area is 128 Å². The van der Waals surface area contributed by atoms with Crippen LogP contribution in [0.1, 0.15) is 18.4 Å². The Morgan fingerprint density at radius 2 is 2.10 bits per heavy atom. The molecule has 0 bridgehead atoms. The van der Waals surface area contributed by atoms with Gasteiger partial charge >= 0.3 is 5.97 Å². The number of carboxylic acid groups (broad SMARTS) is 1. The molecule has 0 saturated carbocycles. The van der Waals surface area contributed by atoms with Gasteiger partial charge in [0.05, 0.1) is 12.5 Å². The number of carboxylic acids is 1. The van der Waals surface area contributed by atoms with Gasteiger partial charge in [-0.05, 0) is 18.1 Å². The van der Waals surface area contributed by atoms with Crippen molar-refractivity contribution in [2.75, 3.05) is 18.1 Å². The molecule has 1 saturated heterocycles. The number of aromatic hydroxyl groups is 1. The smallest absolute Gasteiger partial charge is 0.305 e. The highest BCUT2D eigenvalue weighted by Gasteiger charge is 2.28. The molecule has 5 nitrogen and oxygen atoms in total. The summed E-state index contributed by atoms with van der Waals surface area (Å²) in [5.74, 6) is 0.806. The number of hydrogen-bond acceptors (Lipinski definition) is 4. The van der Waals surface area contributed by atoms with Crippen LogP contribution in [0.15, 0.2) is 24.3 Å². The lowest BCUT2D eigenvalue weighted by Gasteiger charge is -2.34. The predicted octanol–water partition coefficient (Wildman–Crippen LogP) is 1.74. The molecule has 114 valence electrons. The van der Waals surface area contributed by atoms with Crippen LogP contribution >= 0.6 is 11.8 Å². The number of para-hydroxylation sites is 1. The zero-order chi connectivity index (χ0) is 15.2. The van der Waals surface area contributed by atoms with E-state index in [2.05, 4.69) is 0 Å². The van der Waals surface area contributed by atoms with Crippen molar-refractivity contribution in [2.24, 2.45) is 0 Å². The molecule has 1 aliphatic rings. The number of hydrogen-bond donors (Lipinski definition) is 2. The minimum atomic E-state index is -0.874. The van der Waals surface area contributed by atoms with Crippen LogP contribution < -0.4 is 0 Å². The van der Waals surface area contributed by atoms with Gasteiger partial charge in [0.2, 0.25) is 5.91 Å². The van der Waals surface area contributed by atoms with Crippen molar-refractivity contribution in [3.8, 4) is 5.75 Å². The Morgan fingerprint density at radius 3 is 2.81 bits per heavy atom. The lowest BCUT2D eigenvalue weighted by molar-refractivity contribution is -0.140. The highest BCUT2D eigenvalue weighted by atomic mass is 32.2. The van der Waals surface area contributed by atoms with Crippen molar-refractivity contribution in [2.45, 2.75) is 25.3 Å². The van der Waals surface area contributed by atoms with Gasteiger partial charge in [0.25, 0.3) is 0 Å². The van der Waals surface area contributed by atoms with E-state index in [1.807, 2.05) is 6.07 Å². The molecule has 1 aromatic carbocycles. The van der Waals surface area contributed by atoms with Crippen LogP contribution in [-0.4, -0.2) is 51.1 Å². The number of aryl methyl sites for hydroxylation is 1. The molecule has 1 unspecified atom stereocenters. The molecule has 1 heterocycles.